The van der Waals surface area contributed by atoms with Gasteiger partial charge in [-0.1, -0.05) is 59.1 Å². The van der Waals surface area contributed by atoms with E-state index in [1.165, 1.54) is 16.4 Å². The Labute approximate surface area is 320 Å². The van der Waals surface area contributed by atoms with E-state index in [9.17, 15) is 13.2 Å². The molecule has 14 heteroatoms. The van der Waals surface area contributed by atoms with Crippen LogP contribution in [0, 0.1) is 5.92 Å². The molecule has 0 saturated carbocycles. The van der Waals surface area contributed by atoms with E-state index in [2.05, 4.69) is 0 Å². The van der Waals surface area contributed by atoms with Crippen LogP contribution in [-0.2, 0) is 25.9 Å². The number of urea groups is 1. The van der Waals surface area contributed by atoms with Crippen molar-refractivity contribution in [2.75, 3.05) is 26.2 Å². The van der Waals surface area contributed by atoms with Crippen molar-refractivity contribution in [1.82, 2.24) is 14.1 Å². The van der Waals surface area contributed by atoms with Gasteiger partial charge in [0.15, 0.2) is 0 Å². The summed E-state index contributed by atoms with van der Waals surface area (Å²) < 4.78 is 36.0. The first-order chi connectivity index (χ1) is 24.6. The average molecular weight is 789 g/mol. The number of benzene rings is 3. The van der Waals surface area contributed by atoms with Gasteiger partial charge in [-0.15, -0.1) is 0 Å². The van der Waals surface area contributed by atoms with Crippen LogP contribution in [0.1, 0.15) is 76.5 Å². The monoisotopic (exact) mass is 787 g/mol. The molecule has 3 aliphatic rings. The van der Waals surface area contributed by atoms with E-state index in [1.807, 2.05) is 52.0 Å². The molecule has 2 N–H and O–H groups in total. The number of ether oxygens (including phenoxy) is 1. The SMILES string of the molecule is CC(C)Oc1cc(Cl)c(S(=O)(=O)N2CCCC2)cc1C1=N[C@@](C)(c2ccc(Cl)cc2)[C@@](C)(c2ccc(Cl)cc2)N1C(=O)N1CCC(CC(N)=O)CC1. The molecule has 3 aliphatic heterocycles. The van der Waals surface area contributed by atoms with E-state index in [4.69, 9.17) is 50.3 Å². The lowest BCUT2D eigenvalue weighted by Crippen LogP contribution is -2.59. The lowest BCUT2D eigenvalue weighted by atomic mass is 9.71. The molecule has 2 fully saturated rings. The standard InChI is InChI=1S/C38H44Cl3N5O5S/c1-24(2)51-32-23-31(41)33(52(49,50)45-17-5-6-18-45)22-30(32)35-43-37(3,26-7-11-28(39)12-8-26)38(4,27-9-13-29(40)14-10-27)46(35)36(48)44-19-15-25(16-20-44)21-34(42)47/h7-14,22-25H,5-6,15-21H2,1-4H3,(H2,42,47)/t37-,38+/m0/s1. The van der Waals surface area contributed by atoms with Crippen molar-refractivity contribution in [3.8, 4) is 5.75 Å². The molecule has 0 aromatic heterocycles. The molecule has 0 spiro atoms. The van der Waals surface area contributed by atoms with Crippen molar-refractivity contribution in [1.29, 1.82) is 0 Å². The predicted octanol–water partition coefficient (Wildman–Crippen LogP) is 7.82. The zero-order chi connectivity index (χ0) is 37.6. The fourth-order valence-corrected chi connectivity index (χ4v) is 9.94. The highest BCUT2D eigenvalue weighted by Gasteiger charge is 2.60. The van der Waals surface area contributed by atoms with Gasteiger partial charge in [-0.3, -0.25) is 14.7 Å². The quantitative estimate of drug-likeness (QED) is 0.237. The third-order valence-corrected chi connectivity index (χ3v) is 13.5. The average Bonchev–Trinajstić information content (AvgIpc) is 3.72. The first kappa shape index (κ1) is 38.4. The summed E-state index contributed by atoms with van der Waals surface area (Å²) in [5, 5.41) is 1.08. The molecule has 0 aliphatic carbocycles. The molecule has 3 aromatic carbocycles. The molecule has 3 amide bonds. The van der Waals surface area contributed by atoms with E-state index >= 15 is 4.79 Å². The summed E-state index contributed by atoms with van der Waals surface area (Å²) in [5.74, 6) is 0.212. The maximum Gasteiger partial charge on any atom is 0.326 e. The van der Waals surface area contributed by atoms with Crippen LogP contribution in [0.5, 0.6) is 5.75 Å². The molecule has 0 unspecified atom stereocenters. The lowest BCUT2D eigenvalue weighted by molar-refractivity contribution is -0.119. The molecule has 2 saturated heterocycles. The maximum atomic E-state index is 15.3. The molecular formula is C38H44Cl3N5O5S. The molecule has 0 radical (unpaired) electrons. The second-order valence-corrected chi connectivity index (χ2v) is 17.6. The van der Waals surface area contributed by atoms with Gasteiger partial charge in [0.2, 0.25) is 15.9 Å². The summed E-state index contributed by atoms with van der Waals surface area (Å²) in [4.78, 5) is 35.8. The molecule has 3 heterocycles. The van der Waals surface area contributed by atoms with Crippen LogP contribution in [0.15, 0.2) is 70.6 Å². The molecule has 278 valence electrons. The third kappa shape index (κ3) is 7.02. The predicted molar refractivity (Wildman–Crippen MR) is 205 cm³/mol. The maximum absolute atomic E-state index is 15.3. The molecule has 0 bridgehead atoms. The number of carbonyl (C=O) groups excluding carboxylic acids is 2. The Hall–Kier alpha value is -3.35. The van der Waals surface area contributed by atoms with Crippen LogP contribution in [0.25, 0.3) is 0 Å². The molecular weight excluding hydrogens is 745 g/mol. The van der Waals surface area contributed by atoms with Crippen LogP contribution >= 0.6 is 34.8 Å². The van der Waals surface area contributed by atoms with Crippen LogP contribution < -0.4 is 10.5 Å². The summed E-state index contributed by atoms with van der Waals surface area (Å²) >= 11 is 19.6. The van der Waals surface area contributed by atoms with E-state index in [-0.39, 0.29) is 51.9 Å². The smallest absolute Gasteiger partial charge is 0.326 e. The summed E-state index contributed by atoms with van der Waals surface area (Å²) in [7, 11) is -4.00. The molecule has 2 atom stereocenters. The zero-order valence-electron chi connectivity index (χ0n) is 29.7. The second-order valence-electron chi connectivity index (χ2n) is 14.4. The number of likely N-dealkylation sites (tertiary alicyclic amines) is 1. The minimum absolute atomic E-state index is 0.0141. The number of nitrogens with two attached hydrogens (primary N) is 1. The van der Waals surface area contributed by atoms with Crippen LogP contribution in [0.4, 0.5) is 4.79 Å². The summed E-state index contributed by atoms with van der Waals surface area (Å²) in [6.07, 6.45) is 2.63. The van der Waals surface area contributed by atoms with Gasteiger partial charge in [0.1, 0.15) is 27.6 Å². The Morgan fingerprint density at radius 1 is 0.904 bits per heavy atom. The van der Waals surface area contributed by atoms with E-state index in [0.717, 1.165) is 24.0 Å². The van der Waals surface area contributed by atoms with Gasteiger partial charge in [0, 0.05) is 48.7 Å². The van der Waals surface area contributed by atoms with Crippen molar-refractivity contribution in [2.45, 2.75) is 81.9 Å². The third-order valence-electron chi connectivity index (χ3n) is 10.6. The number of piperidine rings is 1. The second kappa shape index (κ2) is 14.8. The minimum atomic E-state index is -4.00. The molecule has 3 aromatic rings. The van der Waals surface area contributed by atoms with Gasteiger partial charge in [0.05, 0.1) is 16.7 Å². The van der Waals surface area contributed by atoms with Crippen molar-refractivity contribution in [3.63, 3.8) is 0 Å². The molecule has 52 heavy (non-hydrogen) atoms. The molecule has 6 rings (SSSR count). The number of hydrogen-bond donors (Lipinski definition) is 1. The van der Waals surface area contributed by atoms with Crippen LogP contribution in [-0.4, -0.2) is 72.6 Å². The van der Waals surface area contributed by atoms with Crippen molar-refractivity contribution < 1.29 is 22.7 Å². The number of amidine groups is 1. The molecule has 10 nitrogen and oxygen atoms in total. The highest BCUT2D eigenvalue weighted by Crippen LogP contribution is 2.54. The van der Waals surface area contributed by atoms with Gasteiger partial charge in [-0.05, 0) is 101 Å². The fraction of sp³-hybridized carbons (Fsp3) is 0.447. The number of amides is 3. The van der Waals surface area contributed by atoms with Gasteiger partial charge in [-0.2, -0.15) is 4.31 Å². The highest BCUT2D eigenvalue weighted by molar-refractivity contribution is 7.89. The minimum Gasteiger partial charge on any atom is -0.490 e. The summed E-state index contributed by atoms with van der Waals surface area (Å²) in [6.45, 7) is 9.18. The Kier molecular flexibility index (Phi) is 10.9. The first-order valence-electron chi connectivity index (χ1n) is 17.6. The lowest BCUT2D eigenvalue weighted by Gasteiger charge is -2.47. The highest BCUT2D eigenvalue weighted by atomic mass is 35.5. The number of halogens is 3. The Bertz CT molecular complexity index is 1980. The summed E-state index contributed by atoms with van der Waals surface area (Å²) in [5.41, 5.74) is 4.99. The van der Waals surface area contributed by atoms with Gasteiger partial charge < -0.3 is 15.4 Å². The number of nitrogens with zero attached hydrogens (tertiary/aromatic N) is 4. The Morgan fingerprint density at radius 3 is 2.00 bits per heavy atom. The normalized spacial score (nSPS) is 23.0. The van der Waals surface area contributed by atoms with Crippen molar-refractivity contribution in [2.24, 2.45) is 16.6 Å². The first-order valence-corrected chi connectivity index (χ1v) is 20.1. The van der Waals surface area contributed by atoms with Crippen LogP contribution in [0.2, 0.25) is 15.1 Å². The zero-order valence-corrected chi connectivity index (χ0v) is 32.8. The topological polar surface area (TPSA) is 126 Å². The van der Waals surface area contributed by atoms with Crippen molar-refractivity contribution in [3.05, 3.63) is 92.4 Å². The number of primary amides is 1. The Morgan fingerprint density at radius 2 is 1.46 bits per heavy atom. The number of aliphatic imine (C=N–C) groups is 1. The van der Waals surface area contributed by atoms with Gasteiger partial charge in [0.25, 0.3) is 0 Å². The van der Waals surface area contributed by atoms with Gasteiger partial charge in [-0.25, -0.2) is 13.2 Å². The van der Waals surface area contributed by atoms with E-state index in [0.29, 0.717) is 54.6 Å². The van der Waals surface area contributed by atoms with Gasteiger partial charge >= 0.3 is 6.03 Å². The number of hydrogen-bond acceptors (Lipinski definition) is 6. The number of sulfonamides is 1. The van der Waals surface area contributed by atoms with Crippen LogP contribution in [0.3, 0.4) is 0 Å². The number of carbonyl (C=O) groups is 2. The fourth-order valence-electron chi connectivity index (χ4n) is 7.65. The van der Waals surface area contributed by atoms with E-state index in [1.54, 1.807) is 34.1 Å². The Balaban J connectivity index is 1.61. The summed E-state index contributed by atoms with van der Waals surface area (Å²) in [6, 6.07) is 17.3. The van der Waals surface area contributed by atoms with E-state index < -0.39 is 21.1 Å². The van der Waals surface area contributed by atoms with Crippen molar-refractivity contribution >= 4 is 62.6 Å². The number of rotatable bonds is 9. The largest absolute Gasteiger partial charge is 0.490 e.